The molecule has 1 aromatic carbocycles. The number of hydrogen-bond donors (Lipinski definition) is 0. The summed E-state index contributed by atoms with van der Waals surface area (Å²) in [6.07, 6.45) is 2.23. The zero-order valence-corrected chi connectivity index (χ0v) is 12.9. The summed E-state index contributed by atoms with van der Waals surface area (Å²) < 4.78 is 12.3. The average molecular weight is 296 g/mol. The van der Waals surface area contributed by atoms with E-state index in [0.29, 0.717) is 13.2 Å². The second-order valence-corrected chi connectivity index (χ2v) is 8.63. The Bertz CT molecular complexity index is 409. The lowest BCUT2D eigenvalue weighted by Gasteiger charge is -2.39. The highest BCUT2D eigenvalue weighted by atomic mass is 32.2. The first-order chi connectivity index (χ1) is 9.23. The van der Waals surface area contributed by atoms with Gasteiger partial charge in [-0.25, -0.2) is 0 Å². The molecule has 2 fully saturated rings. The molecule has 4 heteroatoms. The van der Waals surface area contributed by atoms with Gasteiger partial charge in [-0.3, -0.25) is 0 Å². The van der Waals surface area contributed by atoms with Crippen LogP contribution in [0.15, 0.2) is 30.3 Å². The van der Waals surface area contributed by atoms with E-state index in [2.05, 4.69) is 31.2 Å². The van der Waals surface area contributed by atoms with E-state index in [1.807, 2.05) is 29.6 Å². The molecular formula is C15H20O2S2. The summed E-state index contributed by atoms with van der Waals surface area (Å²) in [6, 6.07) is 10.4. The van der Waals surface area contributed by atoms with Gasteiger partial charge in [0, 0.05) is 12.0 Å². The first-order valence-electron chi connectivity index (χ1n) is 6.84. The van der Waals surface area contributed by atoms with Crippen molar-refractivity contribution in [1.82, 2.24) is 0 Å². The molecule has 19 heavy (non-hydrogen) atoms. The lowest BCUT2D eigenvalue weighted by molar-refractivity contribution is -0.171. The van der Waals surface area contributed by atoms with Crippen molar-refractivity contribution in [2.75, 3.05) is 24.7 Å². The number of rotatable bonds is 3. The van der Waals surface area contributed by atoms with Gasteiger partial charge < -0.3 is 9.47 Å². The van der Waals surface area contributed by atoms with E-state index < -0.39 is 5.79 Å². The average Bonchev–Trinajstić information content (AvgIpc) is 2.90. The third-order valence-electron chi connectivity index (χ3n) is 3.62. The van der Waals surface area contributed by atoms with Gasteiger partial charge in [-0.2, -0.15) is 0 Å². The lowest BCUT2D eigenvalue weighted by atomic mass is 10.0. The normalized spacial score (nSPS) is 25.3. The van der Waals surface area contributed by atoms with Gasteiger partial charge in [0.1, 0.15) is 0 Å². The van der Waals surface area contributed by atoms with Crippen LogP contribution in [0.2, 0.25) is 0 Å². The third-order valence-corrected chi connectivity index (χ3v) is 6.83. The Kier molecular flexibility index (Phi) is 4.13. The first-order valence-corrected chi connectivity index (χ1v) is 8.81. The quantitative estimate of drug-likeness (QED) is 0.842. The van der Waals surface area contributed by atoms with E-state index in [-0.39, 0.29) is 4.08 Å². The van der Waals surface area contributed by atoms with Gasteiger partial charge in [0.05, 0.1) is 17.3 Å². The van der Waals surface area contributed by atoms with Crippen molar-refractivity contribution in [1.29, 1.82) is 0 Å². The number of ether oxygens (including phenoxy) is 2. The molecule has 2 aliphatic rings. The van der Waals surface area contributed by atoms with Gasteiger partial charge in [0.25, 0.3) is 0 Å². The van der Waals surface area contributed by atoms with Crippen molar-refractivity contribution < 1.29 is 9.47 Å². The van der Waals surface area contributed by atoms with Gasteiger partial charge in [-0.1, -0.05) is 30.3 Å². The monoisotopic (exact) mass is 296 g/mol. The molecule has 0 saturated carbocycles. The molecule has 0 atom stereocenters. The van der Waals surface area contributed by atoms with Crippen molar-refractivity contribution >= 4 is 23.5 Å². The Morgan fingerprint density at radius 2 is 1.68 bits per heavy atom. The van der Waals surface area contributed by atoms with Crippen LogP contribution in [0.5, 0.6) is 0 Å². The molecule has 0 aromatic heterocycles. The lowest BCUT2D eigenvalue weighted by Crippen LogP contribution is -2.36. The van der Waals surface area contributed by atoms with E-state index in [1.54, 1.807) is 0 Å². The molecule has 0 spiro atoms. The van der Waals surface area contributed by atoms with Crippen LogP contribution in [0, 0.1) is 0 Å². The minimum atomic E-state index is -0.534. The molecule has 2 aliphatic heterocycles. The molecule has 1 aromatic rings. The molecule has 104 valence electrons. The highest BCUT2D eigenvalue weighted by molar-refractivity contribution is 8.18. The van der Waals surface area contributed by atoms with Gasteiger partial charge in [0.2, 0.25) is 0 Å². The Morgan fingerprint density at radius 3 is 2.32 bits per heavy atom. The second-order valence-electron chi connectivity index (χ2n) is 5.18. The van der Waals surface area contributed by atoms with Crippen LogP contribution in [0.3, 0.4) is 0 Å². The van der Waals surface area contributed by atoms with Crippen molar-refractivity contribution in [2.45, 2.75) is 29.6 Å². The highest BCUT2D eigenvalue weighted by Gasteiger charge is 2.45. The van der Waals surface area contributed by atoms with E-state index in [4.69, 9.17) is 9.47 Å². The Morgan fingerprint density at radius 1 is 1.05 bits per heavy atom. The summed E-state index contributed by atoms with van der Waals surface area (Å²) in [4.78, 5) is 0. The largest absolute Gasteiger partial charge is 0.343 e. The fourth-order valence-electron chi connectivity index (χ4n) is 2.72. The minimum absolute atomic E-state index is 0.193. The zero-order chi connectivity index (χ0) is 13.2. The second kappa shape index (κ2) is 5.68. The maximum atomic E-state index is 6.05. The topological polar surface area (TPSA) is 18.5 Å². The molecule has 2 nitrogen and oxygen atoms in total. The van der Waals surface area contributed by atoms with Crippen molar-refractivity contribution in [3.05, 3.63) is 35.9 Å². The van der Waals surface area contributed by atoms with Gasteiger partial charge in [-0.15, -0.1) is 23.5 Å². The van der Waals surface area contributed by atoms with Gasteiger partial charge >= 0.3 is 0 Å². The molecular weight excluding hydrogens is 276 g/mol. The summed E-state index contributed by atoms with van der Waals surface area (Å²) in [6.45, 7) is 3.72. The summed E-state index contributed by atoms with van der Waals surface area (Å²) in [5.41, 5.74) is 1.15. The maximum absolute atomic E-state index is 6.05. The van der Waals surface area contributed by atoms with Gasteiger partial charge in [0.15, 0.2) is 5.79 Å². The fraction of sp³-hybridized carbons (Fsp3) is 0.600. The van der Waals surface area contributed by atoms with Crippen molar-refractivity contribution in [2.24, 2.45) is 0 Å². The van der Waals surface area contributed by atoms with E-state index in [1.165, 1.54) is 17.9 Å². The van der Waals surface area contributed by atoms with Crippen LogP contribution in [0.4, 0.5) is 0 Å². The molecule has 0 unspecified atom stereocenters. The van der Waals surface area contributed by atoms with Crippen LogP contribution in [0.25, 0.3) is 0 Å². The van der Waals surface area contributed by atoms with Gasteiger partial charge in [-0.05, 0) is 24.9 Å². The number of thioether (sulfide) groups is 2. The molecule has 0 aliphatic carbocycles. The summed E-state index contributed by atoms with van der Waals surface area (Å²) in [5, 5.41) is 0. The molecule has 0 N–H and O–H groups in total. The Labute approximate surface area is 123 Å². The SMILES string of the molecule is CC1(CC2(c3ccccc3)OCCO2)SCCCS1. The molecule has 2 heterocycles. The fourth-order valence-corrected chi connectivity index (χ4v) is 5.76. The van der Waals surface area contributed by atoms with Crippen LogP contribution in [-0.4, -0.2) is 28.8 Å². The molecule has 0 amide bonds. The smallest absolute Gasteiger partial charge is 0.197 e. The van der Waals surface area contributed by atoms with E-state index in [9.17, 15) is 0 Å². The predicted octanol–water partition coefficient (Wildman–Crippen LogP) is 3.86. The zero-order valence-electron chi connectivity index (χ0n) is 11.3. The van der Waals surface area contributed by atoms with E-state index >= 15 is 0 Å². The standard InChI is InChI=1S/C15H20O2S2/c1-14(18-10-5-11-19-14)12-15(16-8-9-17-15)13-6-3-2-4-7-13/h2-4,6-7H,5,8-12H2,1H3. The Balaban J connectivity index is 1.85. The van der Waals surface area contributed by atoms with Crippen LogP contribution in [0.1, 0.15) is 25.3 Å². The van der Waals surface area contributed by atoms with Crippen LogP contribution >= 0.6 is 23.5 Å². The summed E-state index contributed by atoms with van der Waals surface area (Å²) in [7, 11) is 0. The predicted molar refractivity (Wildman–Crippen MR) is 82.6 cm³/mol. The van der Waals surface area contributed by atoms with Crippen molar-refractivity contribution in [3.63, 3.8) is 0 Å². The summed E-state index contributed by atoms with van der Waals surface area (Å²) >= 11 is 4.10. The maximum Gasteiger partial charge on any atom is 0.197 e. The number of hydrogen-bond acceptors (Lipinski definition) is 4. The molecule has 2 saturated heterocycles. The minimum Gasteiger partial charge on any atom is -0.343 e. The van der Waals surface area contributed by atoms with Crippen LogP contribution in [-0.2, 0) is 15.3 Å². The van der Waals surface area contributed by atoms with Crippen molar-refractivity contribution in [3.8, 4) is 0 Å². The molecule has 0 radical (unpaired) electrons. The molecule has 3 rings (SSSR count). The summed E-state index contributed by atoms with van der Waals surface area (Å²) in [5.74, 6) is 1.95. The highest BCUT2D eigenvalue weighted by Crippen LogP contribution is 2.51. The Hall–Kier alpha value is -0.160. The number of benzene rings is 1. The third kappa shape index (κ3) is 2.97. The first kappa shape index (κ1) is 13.8. The van der Waals surface area contributed by atoms with Crippen LogP contribution < -0.4 is 0 Å². The van der Waals surface area contributed by atoms with E-state index in [0.717, 1.165) is 12.0 Å². The molecule has 0 bridgehead atoms.